The number of anilines is 1. The number of hydrogen-bond acceptors (Lipinski definition) is 3. The molecule has 5 nitrogen and oxygen atoms in total. The fraction of sp³-hybridized carbons (Fsp3) is 0.0833. The maximum absolute atomic E-state index is 12.7. The highest BCUT2D eigenvalue weighted by atomic mass is 35.5. The number of hydrogen-bond donors (Lipinski definition) is 2. The van der Waals surface area contributed by atoms with E-state index in [1.54, 1.807) is 31.4 Å². The Morgan fingerprint density at radius 3 is 2.60 bits per heavy atom. The van der Waals surface area contributed by atoms with E-state index in [0.29, 0.717) is 22.0 Å². The number of aromatic amines is 1. The summed E-state index contributed by atoms with van der Waals surface area (Å²) in [5, 5.41) is 13.8. The molecule has 0 bridgehead atoms. The Balaban J connectivity index is 1.56. The van der Waals surface area contributed by atoms with Gasteiger partial charge >= 0.3 is 0 Å². The normalized spacial score (nSPS) is 11.6. The molecule has 4 rings (SSSR count). The molecule has 6 heteroatoms. The number of nitrogens with one attached hydrogen (secondary N) is 2. The van der Waals surface area contributed by atoms with Gasteiger partial charge in [0.25, 0.3) is 5.91 Å². The maximum atomic E-state index is 12.7. The van der Waals surface area contributed by atoms with Crippen molar-refractivity contribution in [2.75, 3.05) is 12.4 Å². The summed E-state index contributed by atoms with van der Waals surface area (Å²) in [6.45, 7) is 0. The van der Waals surface area contributed by atoms with Crippen molar-refractivity contribution >= 4 is 34.1 Å². The van der Waals surface area contributed by atoms with Crippen LogP contribution in [-0.2, 0) is 0 Å². The van der Waals surface area contributed by atoms with Gasteiger partial charge in [-0.3, -0.25) is 4.79 Å². The Kier molecular flexibility index (Phi) is 5.42. The van der Waals surface area contributed by atoms with Crippen molar-refractivity contribution < 1.29 is 9.53 Å². The van der Waals surface area contributed by atoms with Gasteiger partial charge in [-0.05, 0) is 47.5 Å². The summed E-state index contributed by atoms with van der Waals surface area (Å²) in [5.74, 6) is -0.0395. The summed E-state index contributed by atoms with van der Waals surface area (Å²) in [7, 11) is 1.60. The number of methoxy groups -OCH3 is 1. The van der Waals surface area contributed by atoms with Crippen LogP contribution in [0.25, 0.3) is 10.9 Å². The van der Waals surface area contributed by atoms with Crippen molar-refractivity contribution in [3.05, 3.63) is 94.6 Å². The Morgan fingerprint density at radius 2 is 1.90 bits per heavy atom. The van der Waals surface area contributed by atoms with Crippen molar-refractivity contribution in [1.82, 2.24) is 4.98 Å². The fourth-order valence-electron chi connectivity index (χ4n) is 3.37. The average molecular weight is 416 g/mol. The lowest BCUT2D eigenvalue weighted by molar-refractivity contribution is 0.102. The largest absolute Gasteiger partial charge is 0.497 e. The molecule has 1 heterocycles. The SMILES string of the molecule is COc1ccc2[nH]c(C(=O)Nc3ccc(C(C#N)c4ccccc4)c(Cl)c3)cc2c1. The van der Waals surface area contributed by atoms with Crippen LogP contribution in [0.2, 0.25) is 5.02 Å². The highest BCUT2D eigenvalue weighted by Crippen LogP contribution is 2.32. The Labute approximate surface area is 178 Å². The lowest BCUT2D eigenvalue weighted by atomic mass is 9.92. The van der Waals surface area contributed by atoms with E-state index in [-0.39, 0.29) is 5.91 Å². The first kappa shape index (κ1) is 19.6. The first-order valence-corrected chi connectivity index (χ1v) is 9.69. The maximum Gasteiger partial charge on any atom is 0.272 e. The lowest BCUT2D eigenvalue weighted by Crippen LogP contribution is -2.12. The summed E-state index contributed by atoms with van der Waals surface area (Å²) in [4.78, 5) is 15.8. The van der Waals surface area contributed by atoms with Crippen molar-refractivity contribution in [3.63, 3.8) is 0 Å². The third kappa shape index (κ3) is 3.86. The van der Waals surface area contributed by atoms with Gasteiger partial charge in [0.15, 0.2) is 0 Å². The Hall–Kier alpha value is -3.75. The number of rotatable bonds is 5. The zero-order valence-corrected chi connectivity index (χ0v) is 16.9. The second-order valence-electron chi connectivity index (χ2n) is 6.80. The average Bonchev–Trinajstić information content (AvgIpc) is 3.20. The predicted octanol–water partition coefficient (Wildman–Crippen LogP) is 5.74. The molecule has 1 aromatic heterocycles. The number of halogens is 1. The number of benzene rings is 3. The number of nitriles is 1. The number of ether oxygens (including phenoxy) is 1. The molecule has 0 spiro atoms. The Morgan fingerprint density at radius 1 is 1.10 bits per heavy atom. The lowest BCUT2D eigenvalue weighted by Gasteiger charge is -2.13. The van der Waals surface area contributed by atoms with Gasteiger partial charge in [0.2, 0.25) is 0 Å². The molecule has 148 valence electrons. The third-order valence-electron chi connectivity index (χ3n) is 4.90. The van der Waals surface area contributed by atoms with Crippen molar-refractivity contribution in [3.8, 4) is 11.8 Å². The number of fused-ring (bicyclic) bond motifs is 1. The second kappa shape index (κ2) is 8.32. The molecular weight excluding hydrogens is 398 g/mol. The molecule has 0 saturated carbocycles. The zero-order chi connectivity index (χ0) is 21.1. The summed E-state index contributed by atoms with van der Waals surface area (Å²) in [6, 6.07) is 24.3. The second-order valence-corrected chi connectivity index (χ2v) is 7.21. The summed E-state index contributed by atoms with van der Waals surface area (Å²) >= 11 is 6.46. The minimum atomic E-state index is -0.480. The van der Waals surface area contributed by atoms with E-state index in [2.05, 4.69) is 16.4 Å². The van der Waals surface area contributed by atoms with Crippen molar-refractivity contribution in [2.24, 2.45) is 0 Å². The first-order valence-electron chi connectivity index (χ1n) is 9.31. The number of carbonyl (C=O) groups excluding carboxylic acids is 1. The highest BCUT2D eigenvalue weighted by Gasteiger charge is 2.17. The van der Waals surface area contributed by atoms with Crippen LogP contribution in [0.15, 0.2) is 72.8 Å². The third-order valence-corrected chi connectivity index (χ3v) is 5.23. The molecule has 0 radical (unpaired) electrons. The van der Waals surface area contributed by atoms with E-state index in [4.69, 9.17) is 16.3 Å². The van der Waals surface area contributed by atoms with Crippen molar-refractivity contribution in [2.45, 2.75) is 5.92 Å². The summed E-state index contributed by atoms with van der Waals surface area (Å²) in [5.41, 5.74) is 3.38. The number of amides is 1. The summed E-state index contributed by atoms with van der Waals surface area (Å²) in [6.07, 6.45) is 0. The molecular formula is C24H18ClN3O2. The molecule has 3 aromatic carbocycles. The van der Waals surface area contributed by atoms with Gasteiger partial charge in [-0.2, -0.15) is 5.26 Å². The van der Waals surface area contributed by atoms with Crippen molar-refractivity contribution in [1.29, 1.82) is 5.26 Å². The van der Waals surface area contributed by atoms with Gasteiger partial charge in [-0.1, -0.05) is 48.0 Å². The molecule has 0 fully saturated rings. The van der Waals surface area contributed by atoms with Crippen LogP contribution >= 0.6 is 11.6 Å². The molecule has 2 N–H and O–H groups in total. The van der Waals surface area contributed by atoms with Crippen LogP contribution in [-0.4, -0.2) is 18.0 Å². The van der Waals surface area contributed by atoms with Gasteiger partial charge < -0.3 is 15.0 Å². The molecule has 0 aliphatic rings. The van der Waals surface area contributed by atoms with Gasteiger partial charge in [-0.25, -0.2) is 0 Å². The molecule has 4 aromatic rings. The van der Waals surface area contributed by atoms with Gasteiger partial charge in [-0.15, -0.1) is 0 Å². The van der Waals surface area contributed by atoms with E-state index in [0.717, 1.165) is 22.2 Å². The number of aromatic nitrogens is 1. The zero-order valence-electron chi connectivity index (χ0n) is 16.1. The highest BCUT2D eigenvalue weighted by molar-refractivity contribution is 6.32. The van der Waals surface area contributed by atoms with E-state index in [1.165, 1.54) is 0 Å². The first-order chi connectivity index (χ1) is 14.6. The van der Waals surface area contributed by atoms with Gasteiger partial charge in [0.1, 0.15) is 11.4 Å². The molecule has 0 saturated heterocycles. The van der Waals surface area contributed by atoms with Crippen LogP contribution < -0.4 is 10.1 Å². The minimum Gasteiger partial charge on any atom is -0.497 e. The van der Waals surface area contributed by atoms with Crippen LogP contribution in [0.4, 0.5) is 5.69 Å². The minimum absolute atomic E-state index is 0.283. The number of nitrogens with zero attached hydrogens (tertiary/aromatic N) is 1. The quantitative estimate of drug-likeness (QED) is 0.436. The Bertz CT molecular complexity index is 1260. The summed E-state index contributed by atoms with van der Waals surface area (Å²) < 4.78 is 5.22. The van der Waals surface area contributed by atoms with E-state index < -0.39 is 5.92 Å². The van der Waals surface area contributed by atoms with E-state index in [1.807, 2.05) is 48.5 Å². The van der Waals surface area contributed by atoms with E-state index >= 15 is 0 Å². The van der Waals surface area contributed by atoms with Crippen LogP contribution in [0.1, 0.15) is 27.5 Å². The topological polar surface area (TPSA) is 77.9 Å². The molecule has 0 aliphatic carbocycles. The molecule has 0 aliphatic heterocycles. The van der Waals surface area contributed by atoms with Gasteiger partial charge in [0, 0.05) is 21.6 Å². The number of H-pyrrole nitrogens is 1. The monoisotopic (exact) mass is 415 g/mol. The van der Waals surface area contributed by atoms with E-state index in [9.17, 15) is 10.1 Å². The molecule has 1 unspecified atom stereocenters. The molecule has 1 amide bonds. The van der Waals surface area contributed by atoms with Crippen LogP contribution in [0, 0.1) is 11.3 Å². The van der Waals surface area contributed by atoms with Crippen LogP contribution in [0.5, 0.6) is 5.75 Å². The number of carbonyl (C=O) groups is 1. The van der Waals surface area contributed by atoms with Crippen LogP contribution in [0.3, 0.4) is 0 Å². The molecule has 30 heavy (non-hydrogen) atoms. The predicted molar refractivity (Wildman–Crippen MR) is 118 cm³/mol. The molecule has 1 atom stereocenters. The standard InChI is InChI=1S/C24H18ClN3O2/c1-30-18-8-10-22-16(11-18)12-23(28-22)24(29)27-17-7-9-19(21(25)13-17)20(14-26)15-5-3-2-4-6-15/h2-13,20,28H,1H3,(H,27,29). The van der Waals surface area contributed by atoms with Gasteiger partial charge in [0.05, 0.1) is 19.1 Å². The fourth-order valence-corrected chi connectivity index (χ4v) is 3.66. The smallest absolute Gasteiger partial charge is 0.272 e.